The smallest absolute Gasteiger partial charge is 0.160 e. The van der Waals surface area contributed by atoms with E-state index in [1.54, 1.807) is 0 Å². The van der Waals surface area contributed by atoms with Crippen molar-refractivity contribution in [3.63, 3.8) is 0 Å². The van der Waals surface area contributed by atoms with Crippen molar-refractivity contribution in [1.29, 1.82) is 0 Å². The molecule has 0 atom stereocenters. The molecule has 284 valence electrons. The summed E-state index contributed by atoms with van der Waals surface area (Å²) in [6.07, 6.45) is 0. The van der Waals surface area contributed by atoms with Crippen LogP contribution in [0.5, 0.6) is 0 Å². The number of aromatic nitrogens is 2. The van der Waals surface area contributed by atoms with Crippen LogP contribution < -0.4 is 0 Å². The van der Waals surface area contributed by atoms with Crippen LogP contribution in [0, 0.1) is 0 Å². The molecule has 10 aromatic carbocycles. The van der Waals surface area contributed by atoms with Crippen LogP contribution in [0.4, 0.5) is 0 Å². The molecule has 0 unspecified atom stereocenters. The molecule has 0 aliphatic carbocycles. The molecule has 0 aliphatic rings. The Bertz CT molecular complexity index is 3630. The second kappa shape index (κ2) is 14.3. The summed E-state index contributed by atoms with van der Waals surface area (Å²) in [4.78, 5) is 10.5. The molecule has 3 heteroatoms. The fourth-order valence-electron chi connectivity index (χ4n) is 9.32. The number of furan rings is 1. The van der Waals surface area contributed by atoms with Crippen LogP contribution in [-0.4, -0.2) is 9.97 Å². The van der Waals surface area contributed by atoms with Gasteiger partial charge in [0.2, 0.25) is 0 Å². The van der Waals surface area contributed by atoms with E-state index in [1.165, 1.54) is 49.0 Å². The Morgan fingerprint density at radius 1 is 0.311 bits per heavy atom. The second-order valence-corrected chi connectivity index (χ2v) is 15.6. The summed E-state index contributed by atoms with van der Waals surface area (Å²) < 4.78 is 6.53. The van der Waals surface area contributed by atoms with Crippen LogP contribution in [0.3, 0.4) is 0 Å². The van der Waals surface area contributed by atoms with Crippen LogP contribution in [0.2, 0.25) is 0 Å². The number of benzene rings is 10. The Balaban J connectivity index is 1.04. The molecule has 61 heavy (non-hydrogen) atoms. The first-order valence-electron chi connectivity index (χ1n) is 20.7. The molecule has 12 aromatic rings. The zero-order valence-electron chi connectivity index (χ0n) is 33.1. The van der Waals surface area contributed by atoms with E-state index in [2.05, 4.69) is 188 Å². The fourth-order valence-corrected chi connectivity index (χ4v) is 9.32. The van der Waals surface area contributed by atoms with Crippen molar-refractivity contribution in [1.82, 2.24) is 9.97 Å². The van der Waals surface area contributed by atoms with Crippen molar-refractivity contribution in [2.24, 2.45) is 0 Å². The van der Waals surface area contributed by atoms with Gasteiger partial charge >= 0.3 is 0 Å². The van der Waals surface area contributed by atoms with Gasteiger partial charge in [-0.3, -0.25) is 0 Å². The topological polar surface area (TPSA) is 38.9 Å². The molecule has 0 spiro atoms. The SMILES string of the molecule is c1ccc(-c2nc(-c3ccc(-c4c5ccccc5c(-c5ccccc5)c5c4ccc4ccccc45)cc3)cc(-c3ccccc3-c3cccc4c3oc3ccccc34)n2)cc1. The van der Waals surface area contributed by atoms with Crippen molar-refractivity contribution < 1.29 is 4.42 Å². The van der Waals surface area contributed by atoms with Crippen molar-refractivity contribution in [2.45, 2.75) is 0 Å². The summed E-state index contributed by atoms with van der Waals surface area (Å²) in [5.41, 5.74) is 13.4. The number of para-hydroxylation sites is 2. The predicted molar refractivity (Wildman–Crippen MR) is 254 cm³/mol. The van der Waals surface area contributed by atoms with E-state index in [9.17, 15) is 0 Å². The molecule has 0 N–H and O–H groups in total. The summed E-state index contributed by atoms with van der Waals surface area (Å²) in [5, 5.41) is 9.65. The average molecular weight is 777 g/mol. The van der Waals surface area contributed by atoms with Gasteiger partial charge in [0.1, 0.15) is 11.2 Å². The molecule has 3 nitrogen and oxygen atoms in total. The number of nitrogens with zero attached hydrogens (tertiary/aromatic N) is 2. The van der Waals surface area contributed by atoms with E-state index < -0.39 is 0 Å². The van der Waals surface area contributed by atoms with Crippen molar-refractivity contribution in [2.75, 3.05) is 0 Å². The van der Waals surface area contributed by atoms with Crippen LogP contribution in [0.25, 0.3) is 122 Å². The highest BCUT2D eigenvalue weighted by atomic mass is 16.3. The molecule has 0 aliphatic heterocycles. The summed E-state index contributed by atoms with van der Waals surface area (Å²) in [6.45, 7) is 0. The van der Waals surface area contributed by atoms with Gasteiger partial charge in [0.25, 0.3) is 0 Å². The molecule has 0 saturated carbocycles. The largest absolute Gasteiger partial charge is 0.455 e. The molecule has 0 radical (unpaired) electrons. The monoisotopic (exact) mass is 776 g/mol. The molecule has 2 aromatic heterocycles. The Morgan fingerprint density at radius 2 is 0.869 bits per heavy atom. The maximum atomic E-state index is 6.53. The van der Waals surface area contributed by atoms with E-state index in [4.69, 9.17) is 14.4 Å². The number of hydrogen-bond donors (Lipinski definition) is 0. The van der Waals surface area contributed by atoms with E-state index in [0.29, 0.717) is 5.82 Å². The van der Waals surface area contributed by atoms with Gasteiger partial charge in [-0.05, 0) is 72.3 Å². The first-order chi connectivity index (χ1) is 30.3. The Morgan fingerprint density at radius 3 is 1.66 bits per heavy atom. The van der Waals surface area contributed by atoms with E-state index >= 15 is 0 Å². The molecular weight excluding hydrogens is 741 g/mol. The molecule has 2 heterocycles. The van der Waals surface area contributed by atoms with Gasteiger partial charge in [-0.15, -0.1) is 0 Å². The van der Waals surface area contributed by atoms with E-state index in [-0.39, 0.29) is 0 Å². The first kappa shape index (κ1) is 34.9. The van der Waals surface area contributed by atoms with Gasteiger partial charge in [-0.1, -0.05) is 206 Å². The highest BCUT2D eigenvalue weighted by Crippen LogP contribution is 2.47. The Hall–Kier alpha value is -8.14. The number of hydrogen-bond acceptors (Lipinski definition) is 3. The van der Waals surface area contributed by atoms with Gasteiger partial charge in [0.05, 0.1) is 11.4 Å². The zero-order valence-corrected chi connectivity index (χ0v) is 33.1. The molecule has 0 fully saturated rings. The van der Waals surface area contributed by atoms with Crippen molar-refractivity contribution in [3.8, 4) is 67.3 Å². The quantitative estimate of drug-likeness (QED) is 0.125. The van der Waals surface area contributed by atoms with Crippen LogP contribution >= 0.6 is 0 Å². The fraction of sp³-hybridized carbons (Fsp3) is 0. The minimum atomic E-state index is 0.675. The molecular formula is C58H36N2O. The minimum absolute atomic E-state index is 0.675. The van der Waals surface area contributed by atoms with Gasteiger partial charge in [-0.2, -0.15) is 0 Å². The minimum Gasteiger partial charge on any atom is -0.455 e. The standard InChI is InChI=1S/C58H36N2O/c1-3-17-39(18-4-1)55-47-26-12-11-25-46(47)54(50-35-34-37-16-7-8-21-42(37)56(50)55)40-32-30-38(31-33-40)51-36-52(60-58(59-51)41-19-5-2-6-20-41)44-23-10-9-22-43(44)48-27-15-28-49-45-24-13-14-29-53(45)61-57(48)49/h1-36H. The van der Waals surface area contributed by atoms with Gasteiger partial charge in [-0.25, -0.2) is 9.97 Å². The normalized spacial score (nSPS) is 11.6. The van der Waals surface area contributed by atoms with Crippen LogP contribution in [0.1, 0.15) is 0 Å². The molecule has 0 amide bonds. The van der Waals surface area contributed by atoms with Gasteiger partial charge in [0, 0.05) is 33.0 Å². The highest BCUT2D eigenvalue weighted by Gasteiger charge is 2.21. The second-order valence-electron chi connectivity index (χ2n) is 15.6. The molecule has 0 saturated heterocycles. The molecule has 0 bridgehead atoms. The third-order valence-corrected chi connectivity index (χ3v) is 12.1. The molecule has 12 rings (SSSR count). The third-order valence-electron chi connectivity index (χ3n) is 12.1. The number of fused-ring (bicyclic) bond motifs is 7. The zero-order chi connectivity index (χ0) is 40.3. The summed E-state index contributed by atoms with van der Waals surface area (Å²) in [6, 6.07) is 77.4. The summed E-state index contributed by atoms with van der Waals surface area (Å²) in [7, 11) is 0. The maximum absolute atomic E-state index is 6.53. The predicted octanol–water partition coefficient (Wildman–Crippen LogP) is 15.8. The van der Waals surface area contributed by atoms with Gasteiger partial charge < -0.3 is 4.42 Å². The lowest BCUT2D eigenvalue weighted by Gasteiger charge is -2.19. The third kappa shape index (κ3) is 5.82. The summed E-state index contributed by atoms with van der Waals surface area (Å²) >= 11 is 0. The Labute approximate surface area is 352 Å². The first-order valence-corrected chi connectivity index (χ1v) is 20.7. The van der Waals surface area contributed by atoms with Crippen molar-refractivity contribution in [3.05, 3.63) is 218 Å². The number of rotatable bonds is 6. The van der Waals surface area contributed by atoms with E-state index in [1.807, 2.05) is 30.3 Å². The van der Waals surface area contributed by atoms with Crippen LogP contribution in [-0.2, 0) is 0 Å². The Kier molecular flexibility index (Phi) is 8.17. The van der Waals surface area contributed by atoms with E-state index in [0.717, 1.165) is 66.7 Å². The highest BCUT2D eigenvalue weighted by molar-refractivity contribution is 6.28. The van der Waals surface area contributed by atoms with Crippen LogP contribution in [0.15, 0.2) is 223 Å². The lowest BCUT2D eigenvalue weighted by atomic mass is 9.84. The van der Waals surface area contributed by atoms with Gasteiger partial charge in [0.15, 0.2) is 5.82 Å². The van der Waals surface area contributed by atoms with Crippen molar-refractivity contribution >= 4 is 54.3 Å². The summed E-state index contributed by atoms with van der Waals surface area (Å²) in [5.74, 6) is 0.675. The lowest BCUT2D eigenvalue weighted by molar-refractivity contribution is 0.670. The maximum Gasteiger partial charge on any atom is 0.160 e. The average Bonchev–Trinajstić information content (AvgIpc) is 3.73. The lowest BCUT2D eigenvalue weighted by Crippen LogP contribution is -1.97.